The molecular formula is C13H18N2O4. The van der Waals surface area contributed by atoms with Gasteiger partial charge < -0.3 is 20.1 Å². The minimum absolute atomic E-state index is 0.00517. The molecule has 1 aromatic heterocycles. The van der Waals surface area contributed by atoms with Gasteiger partial charge in [0, 0.05) is 25.2 Å². The van der Waals surface area contributed by atoms with E-state index in [1.807, 2.05) is 16.8 Å². The Hall–Kier alpha value is -1.82. The van der Waals surface area contributed by atoms with Gasteiger partial charge in [0.05, 0.1) is 0 Å². The van der Waals surface area contributed by atoms with Crippen LogP contribution in [0, 0.1) is 0 Å². The summed E-state index contributed by atoms with van der Waals surface area (Å²) in [6.45, 7) is 0.141. The summed E-state index contributed by atoms with van der Waals surface area (Å²) in [6, 6.07) is 3.99. The zero-order chi connectivity index (χ0) is 13.8. The van der Waals surface area contributed by atoms with Crippen molar-refractivity contribution in [1.82, 2.24) is 9.88 Å². The molecule has 0 radical (unpaired) electrons. The maximum absolute atomic E-state index is 12.0. The molecule has 0 bridgehead atoms. The van der Waals surface area contributed by atoms with E-state index in [2.05, 4.69) is 5.32 Å². The Morgan fingerprint density at radius 2 is 2.21 bits per heavy atom. The highest BCUT2D eigenvalue weighted by molar-refractivity contribution is 5.92. The second kappa shape index (κ2) is 5.88. The van der Waals surface area contributed by atoms with E-state index in [0.29, 0.717) is 11.7 Å². The molecule has 6 nitrogen and oxygen atoms in total. The molecule has 1 unspecified atom stereocenters. The van der Waals surface area contributed by atoms with Gasteiger partial charge in [-0.2, -0.15) is 0 Å². The van der Waals surface area contributed by atoms with Gasteiger partial charge in [-0.05, 0) is 31.4 Å². The topological polar surface area (TPSA) is 91.6 Å². The number of nitrogens with zero attached hydrogens (tertiary/aromatic N) is 1. The van der Waals surface area contributed by atoms with Crippen LogP contribution in [0.15, 0.2) is 18.3 Å². The van der Waals surface area contributed by atoms with E-state index in [4.69, 9.17) is 10.2 Å². The summed E-state index contributed by atoms with van der Waals surface area (Å²) in [7, 11) is 0. The van der Waals surface area contributed by atoms with E-state index in [1.54, 1.807) is 6.07 Å². The molecule has 1 aromatic rings. The summed E-state index contributed by atoms with van der Waals surface area (Å²) in [5.41, 5.74) is 0.592. The van der Waals surface area contributed by atoms with Crippen molar-refractivity contribution in [3.63, 3.8) is 0 Å². The quantitative estimate of drug-likeness (QED) is 0.709. The summed E-state index contributed by atoms with van der Waals surface area (Å²) in [6.07, 6.45) is 3.84. The Morgan fingerprint density at radius 3 is 2.79 bits per heavy atom. The van der Waals surface area contributed by atoms with Gasteiger partial charge in [-0.1, -0.05) is 0 Å². The number of carbonyl (C=O) groups excluding carboxylic acids is 1. The number of rotatable bonds is 6. The Bertz CT molecular complexity index is 465. The third-order valence-electron chi connectivity index (χ3n) is 3.47. The first-order valence-corrected chi connectivity index (χ1v) is 6.45. The van der Waals surface area contributed by atoms with E-state index >= 15 is 0 Å². The number of amides is 1. The van der Waals surface area contributed by atoms with Crippen LogP contribution in [0.4, 0.5) is 0 Å². The molecule has 1 aliphatic carbocycles. The van der Waals surface area contributed by atoms with Crippen LogP contribution in [-0.4, -0.2) is 39.3 Å². The number of hydrogen-bond acceptors (Lipinski definition) is 3. The lowest BCUT2D eigenvalue weighted by molar-refractivity contribution is -0.146. The molecule has 1 saturated carbocycles. The fourth-order valence-corrected chi connectivity index (χ4v) is 2.11. The minimum atomic E-state index is -1.43. The van der Waals surface area contributed by atoms with Crippen LogP contribution in [0.2, 0.25) is 0 Å². The van der Waals surface area contributed by atoms with Crippen LogP contribution in [-0.2, 0) is 4.79 Å². The van der Waals surface area contributed by atoms with Crippen molar-refractivity contribution in [1.29, 1.82) is 0 Å². The first-order chi connectivity index (χ1) is 9.09. The van der Waals surface area contributed by atoms with Crippen molar-refractivity contribution in [2.45, 2.75) is 37.8 Å². The molecule has 1 fully saturated rings. The van der Waals surface area contributed by atoms with Crippen LogP contribution in [0.3, 0.4) is 0 Å². The highest BCUT2D eigenvalue weighted by Gasteiger charge is 2.23. The molecule has 0 aliphatic heterocycles. The predicted octanol–water partition coefficient (Wildman–Crippen LogP) is 0.778. The Labute approximate surface area is 111 Å². The number of carboxylic acids is 1. The van der Waals surface area contributed by atoms with Crippen LogP contribution < -0.4 is 5.32 Å². The monoisotopic (exact) mass is 266 g/mol. The van der Waals surface area contributed by atoms with E-state index in [9.17, 15) is 9.59 Å². The lowest BCUT2D eigenvalue weighted by Gasteiger charge is -2.28. The van der Waals surface area contributed by atoms with Gasteiger partial charge >= 0.3 is 5.97 Å². The minimum Gasteiger partial charge on any atom is -0.479 e. The molecule has 1 heterocycles. The number of aliphatic hydroxyl groups excluding tert-OH is 1. The maximum atomic E-state index is 12.0. The van der Waals surface area contributed by atoms with Crippen LogP contribution in [0.5, 0.6) is 0 Å². The summed E-state index contributed by atoms with van der Waals surface area (Å²) in [4.78, 5) is 22.4. The lowest BCUT2D eigenvalue weighted by Crippen LogP contribution is -2.32. The first kappa shape index (κ1) is 13.6. The molecule has 104 valence electrons. The molecule has 0 spiro atoms. The van der Waals surface area contributed by atoms with Crippen LogP contribution in [0.25, 0.3) is 0 Å². The molecule has 1 aliphatic rings. The number of carboxylic acid groups (broad SMARTS) is 1. The normalized spacial score (nSPS) is 16.7. The number of aliphatic carboxylic acids is 1. The largest absolute Gasteiger partial charge is 0.479 e. The molecule has 0 aromatic carbocycles. The highest BCUT2D eigenvalue weighted by Crippen LogP contribution is 2.32. The van der Waals surface area contributed by atoms with E-state index in [0.717, 1.165) is 12.8 Å². The summed E-state index contributed by atoms with van der Waals surface area (Å²) >= 11 is 0. The summed E-state index contributed by atoms with van der Waals surface area (Å²) in [5.74, 6) is -1.50. The molecule has 19 heavy (non-hydrogen) atoms. The predicted molar refractivity (Wildman–Crippen MR) is 67.9 cm³/mol. The van der Waals surface area contributed by atoms with Gasteiger partial charge in [0.1, 0.15) is 5.69 Å². The Morgan fingerprint density at radius 1 is 1.47 bits per heavy atom. The second-order valence-electron chi connectivity index (χ2n) is 4.78. The average molecular weight is 266 g/mol. The molecule has 6 heteroatoms. The van der Waals surface area contributed by atoms with Crippen molar-refractivity contribution in [3.8, 4) is 0 Å². The van der Waals surface area contributed by atoms with Gasteiger partial charge in [-0.3, -0.25) is 4.79 Å². The van der Waals surface area contributed by atoms with Gasteiger partial charge in [0.2, 0.25) is 0 Å². The second-order valence-corrected chi connectivity index (χ2v) is 4.78. The maximum Gasteiger partial charge on any atom is 0.332 e. The number of nitrogens with one attached hydrogen (secondary N) is 1. The van der Waals surface area contributed by atoms with Crippen molar-refractivity contribution in [2.75, 3.05) is 6.54 Å². The Balaban J connectivity index is 1.86. The van der Waals surface area contributed by atoms with Crippen molar-refractivity contribution in [3.05, 3.63) is 24.0 Å². The standard InChI is InChI=1S/C13H18N2O4/c16-11(13(18)19)6-7-14-12(17)10-5-2-8-15(10)9-3-1-4-9/h2,5,8-9,11,16H,1,3-4,6-7H2,(H,14,17)(H,18,19). The fraction of sp³-hybridized carbons (Fsp3) is 0.538. The van der Waals surface area contributed by atoms with Crippen LogP contribution >= 0.6 is 0 Å². The highest BCUT2D eigenvalue weighted by atomic mass is 16.4. The zero-order valence-corrected chi connectivity index (χ0v) is 10.6. The molecular weight excluding hydrogens is 248 g/mol. The molecule has 2 rings (SSSR count). The SMILES string of the molecule is O=C(NCCC(O)C(=O)O)c1cccn1C1CCC1. The molecule has 1 atom stereocenters. The van der Waals surface area contributed by atoms with Gasteiger partial charge in [0.15, 0.2) is 6.10 Å². The smallest absolute Gasteiger partial charge is 0.332 e. The van der Waals surface area contributed by atoms with Crippen molar-refractivity contribution >= 4 is 11.9 Å². The third-order valence-corrected chi connectivity index (χ3v) is 3.47. The van der Waals surface area contributed by atoms with Crippen molar-refractivity contribution in [2.24, 2.45) is 0 Å². The molecule has 1 amide bonds. The lowest BCUT2D eigenvalue weighted by atomic mass is 9.93. The van der Waals surface area contributed by atoms with Gasteiger partial charge in [-0.25, -0.2) is 4.79 Å². The van der Waals surface area contributed by atoms with Crippen molar-refractivity contribution < 1.29 is 19.8 Å². The van der Waals surface area contributed by atoms with E-state index < -0.39 is 12.1 Å². The number of aromatic nitrogens is 1. The van der Waals surface area contributed by atoms with Gasteiger partial charge in [-0.15, -0.1) is 0 Å². The molecule has 0 saturated heterocycles. The first-order valence-electron chi connectivity index (χ1n) is 6.45. The van der Waals surface area contributed by atoms with Gasteiger partial charge in [0.25, 0.3) is 5.91 Å². The van der Waals surface area contributed by atoms with E-state index in [1.165, 1.54) is 6.42 Å². The Kier molecular flexibility index (Phi) is 4.21. The number of aliphatic hydroxyl groups is 1. The molecule has 3 N–H and O–H groups in total. The van der Waals surface area contributed by atoms with Crippen LogP contribution in [0.1, 0.15) is 42.2 Å². The number of hydrogen-bond donors (Lipinski definition) is 3. The fourth-order valence-electron chi connectivity index (χ4n) is 2.11. The average Bonchev–Trinajstić information content (AvgIpc) is 2.75. The summed E-state index contributed by atoms with van der Waals surface area (Å²) in [5, 5.41) is 20.3. The summed E-state index contributed by atoms with van der Waals surface area (Å²) < 4.78 is 1.96. The zero-order valence-electron chi connectivity index (χ0n) is 10.6. The van der Waals surface area contributed by atoms with E-state index in [-0.39, 0.29) is 18.9 Å². The third kappa shape index (κ3) is 3.14. The number of carbonyl (C=O) groups is 2.